The fourth-order valence-electron chi connectivity index (χ4n) is 1.67. The smallest absolute Gasteiger partial charge is 0.339 e. The topological polar surface area (TPSA) is 68.7 Å². The zero-order chi connectivity index (χ0) is 14.5. The molecule has 1 heterocycles. The first kappa shape index (κ1) is 14.1. The number of rotatable bonds is 5. The van der Waals surface area contributed by atoms with Gasteiger partial charge in [0.15, 0.2) is 0 Å². The van der Waals surface area contributed by atoms with Crippen molar-refractivity contribution in [3.63, 3.8) is 0 Å². The summed E-state index contributed by atoms with van der Waals surface area (Å²) < 4.78 is 10.6. The molecule has 0 radical (unpaired) electrons. The van der Waals surface area contributed by atoms with E-state index in [1.54, 1.807) is 18.3 Å². The number of carbonyl (C=O) groups is 1. The van der Waals surface area contributed by atoms with Gasteiger partial charge in [0.05, 0.1) is 12.7 Å². The van der Waals surface area contributed by atoms with Crippen LogP contribution in [-0.2, 0) is 6.61 Å². The lowest BCUT2D eigenvalue weighted by Gasteiger charge is -2.11. The predicted molar refractivity (Wildman–Crippen MR) is 73.5 cm³/mol. The highest BCUT2D eigenvalue weighted by molar-refractivity contribution is 6.30. The second kappa shape index (κ2) is 6.25. The Labute approximate surface area is 120 Å². The van der Waals surface area contributed by atoms with Gasteiger partial charge >= 0.3 is 5.97 Å². The highest BCUT2D eigenvalue weighted by Gasteiger charge is 2.13. The van der Waals surface area contributed by atoms with Crippen LogP contribution in [-0.4, -0.2) is 23.2 Å². The van der Waals surface area contributed by atoms with Crippen molar-refractivity contribution in [2.75, 3.05) is 7.11 Å². The van der Waals surface area contributed by atoms with E-state index in [1.807, 2.05) is 0 Å². The molecule has 0 aliphatic heterocycles. The fraction of sp³-hybridized carbons (Fsp3) is 0.143. The van der Waals surface area contributed by atoms with Gasteiger partial charge in [-0.1, -0.05) is 11.6 Å². The lowest BCUT2D eigenvalue weighted by molar-refractivity contribution is 0.0692. The number of hydrogen-bond donors (Lipinski definition) is 1. The Morgan fingerprint density at radius 3 is 2.90 bits per heavy atom. The van der Waals surface area contributed by atoms with E-state index in [0.717, 1.165) is 0 Å². The first-order valence-electron chi connectivity index (χ1n) is 5.75. The first-order chi connectivity index (χ1) is 9.61. The molecule has 0 saturated carbocycles. The Morgan fingerprint density at radius 1 is 1.40 bits per heavy atom. The van der Waals surface area contributed by atoms with Crippen LogP contribution in [0.2, 0.25) is 5.02 Å². The monoisotopic (exact) mass is 293 g/mol. The predicted octanol–water partition coefficient (Wildman–Crippen LogP) is 3.02. The van der Waals surface area contributed by atoms with Gasteiger partial charge in [0.25, 0.3) is 0 Å². The third kappa shape index (κ3) is 3.19. The van der Waals surface area contributed by atoms with Gasteiger partial charge in [-0.25, -0.2) is 9.78 Å². The van der Waals surface area contributed by atoms with E-state index in [2.05, 4.69) is 4.98 Å². The van der Waals surface area contributed by atoms with E-state index in [0.29, 0.717) is 16.5 Å². The Kier molecular flexibility index (Phi) is 4.42. The van der Waals surface area contributed by atoms with Crippen LogP contribution < -0.4 is 9.47 Å². The molecule has 0 aliphatic carbocycles. The van der Waals surface area contributed by atoms with Gasteiger partial charge in [-0.05, 0) is 30.3 Å². The van der Waals surface area contributed by atoms with Crippen molar-refractivity contribution >= 4 is 17.6 Å². The molecule has 1 aromatic carbocycles. The molecule has 0 fully saturated rings. The number of aromatic nitrogens is 1. The molecular formula is C14H12ClNO4. The lowest BCUT2D eigenvalue weighted by Crippen LogP contribution is -2.05. The van der Waals surface area contributed by atoms with Gasteiger partial charge in [-0.2, -0.15) is 0 Å². The molecule has 0 unspecified atom stereocenters. The Morgan fingerprint density at radius 2 is 2.20 bits per heavy atom. The summed E-state index contributed by atoms with van der Waals surface area (Å²) in [5, 5.41) is 9.50. The Balaban J connectivity index is 2.22. The third-order valence-electron chi connectivity index (χ3n) is 2.60. The van der Waals surface area contributed by atoms with Gasteiger partial charge in [-0.3, -0.25) is 0 Å². The fourth-order valence-corrected chi connectivity index (χ4v) is 1.83. The molecule has 0 atom stereocenters. The molecular weight excluding hydrogens is 282 g/mol. The van der Waals surface area contributed by atoms with Gasteiger partial charge in [0, 0.05) is 11.2 Å². The summed E-state index contributed by atoms with van der Waals surface area (Å²) >= 11 is 5.85. The highest BCUT2D eigenvalue weighted by atomic mass is 35.5. The number of ether oxygens (including phenoxy) is 2. The van der Waals surface area contributed by atoms with Crippen molar-refractivity contribution in [3.8, 4) is 11.6 Å². The average molecular weight is 294 g/mol. The van der Waals surface area contributed by atoms with Gasteiger partial charge < -0.3 is 14.6 Å². The second-order valence-electron chi connectivity index (χ2n) is 3.91. The maximum atomic E-state index is 11.1. The van der Waals surface area contributed by atoms with Crippen molar-refractivity contribution in [3.05, 3.63) is 52.7 Å². The minimum atomic E-state index is -1.07. The minimum absolute atomic E-state index is 0.0530. The van der Waals surface area contributed by atoms with Gasteiger partial charge in [0.2, 0.25) is 5.88 Å². The van der Waals surface area contributed by atoms with Crippen molar-refractivity contribution in [2.45, 2.75) is 6.61 Å². The number of halogens is 1. The second-order valence-corrected chi connectivity index (χ2v) is 4.34. The zero-order valence-corrected chi connectivity index (χ0v) is 11.4. The molecule has 104 valence electrons. The number of benzene rings is 1. The van der Waals surface area contributed by atoms with Crippen LogP contribution in [0.15, 0.2) is 36.5 Å². The Hall–Kier alpha value is -2.27. The number of hydrogen-bond acceptors (Lipinski definition) is 4. The average Bonchev–Trinajstić information content (AvgIpc) is 2.45. The van der Waals surface area contributed by atoms with E-state index in [9.17, 15) is 4.79 Å². The van der Waals surface area contributed by atoms with Crippen molar-refractivity contribution < 1.29 is 19.4 Å². The van der Waals surface area contributed by atoms with E-state index < -0.39 is 5.97 Å². The van der Waals surface area contributed by atoms with Crippen LogP contribution >= 0.6 is 11.6 Å². The highest BCUT2D eigenvalue weighted by Crippen LogP contribution is 2.25. The van der Waals surface area contributed by atoms with Crippen LogP contribution in [0, 0.1) is 0 Å². The summed E-state index contributed by atoms with van der Waals surface area (Å²) in [7, 11) is 1.51. The van der Waals surface area contributed by atoms with E-state index >= 15 is 0 Å². The minimum Gasteiger partial charge on any atom is -0.488 e. The van der Waals surface area contributed by atoms with Crippen LogP contribution in [0.1, 0.15) is 15.9 Å². The molecule has 1 aromatic heterocycles. The molecule has 2 aromatic rings. The summed E-state index contributed by atoms with van der Waals surface area (Å²) in [6, 6.07) is 7.91. The summed E-state index contributed by atoms with van der Waals surface area (Å²) in [5.74, 6) is -0.433. The molecule has 20 heavy (non-hydrogen) atoms. The van der Waals surface area contributed by atoms with Crippen molar-refractivity contribution in [2.24, 2.45) is 0 Å². The number of carboxylic acids is 1. The van der Waals surface area contributed by atoms with Crippen molar-refractivity contribution in [1.29, 1.82) is 0 Å². The van der Waals surface area contributed by atoms with E-state index in [1.165, 1.54) is 25.3 Å². The maximum absolute atomic E-state index is 11.1. The molecule has 0 aliphatic rings. The SMILES string of the molecule is COc1ncccc1COc1cc(Cl)ccc1C(=O)O. The molecule has 5 nitrogen and oxygen atoms in total. The zero-order valence-electron chi connectivity index (χ0n) is 10.7. The largest absolute Gasteiger partial charge is 0.488 e. The molecule has 0 bridgehead atoms. The van der Waals surface area contributed by atoms with Crippen LogP contribution in [0.3, 0.4) is 0 Å². The maximum Gasteiger partial charge on any atom is 0.339 e. The summed E-state index contributed by atoms with van der Waals surface area (Å²) in [6.07, 6.45) is 1.60. The van der Waals surface area contributed by atoms with Crippen LogP contribution in [0.4, 0.5) is 0 Å². The number of methoxy groups -OCH3 is 1. The summed E-state index contributed by atoms with van der Waals surface area (Å²) in [6.45, 7) is 0.137. The van der Waals surface area contributed by atoms with E-state index in [4.69, 9.17) is 26.2 Å². The first-order valence-corrected chi connectivity index (χ1v) is 6.13. The molecule has 6 heteroatoms. The van der Waals surface area contributed by atoms with Crippen molar-refractivity contribution in [1.82, 2.24) is 4.98 Å². The molecule has 1 N–H and O–H groups in total. The molecule has 0 amide bonds. The van der Waals surface area contributed by atoms with E-state index in [-0.39, 0.29) is 17.9 Å². The normalized spacial score (nSPS) is 10.1. The quantitative estimate of drug-likeness (QED) is 0.917. The van der Waals surface area contributed by atoms with Crippen LogP contribution in [0.5, 0.6) is 11.6 Å². The third-order valence-corrected chi connectivity index (χ3v) is 2.84. The standard InChI is InChI=1S/C14H12ClNO4/c1-19-13-9(3-2-6-16-13)8-20-12-7-10(15)4-5-11(12)14(17)18/h2-7H,8H2,1H3,(H,17,18). The number of pyridine rings is 1. The molecule has 0 spiro atoms. The molecule has 0 saturated heterocycles. The lowest BCUT2D eigenvalue weighted by atomic mass is 10.2. The van der Waals surface area contributed by atoms with Gasteiger partial charge in [0.1, 0.15) is 17.9 Å². The Bertz CT molecular complexity index is 630. The molecule has 2 rings (SSSR count). The summed E-state index contributed by atoms with van der Waals surface area (Å²) in [4.78, 5) is 15.1. The number of nitrogens with zero attached hydrogens (tertiary/aromatic N) is 1. The van der Waals surface area contributed by atoms with Crippen LogP contribution in [0.25, 0.3) is 0 Å². The number of aromatic carboxylic acids is 1. The number of carboxylic acid groups (broad SMARTS) is 1. The van der Waals surface area contributed by atoms with Gasteiger partial charge in [-0.15, -0.1) is 0 Å². The summed E-state index contributed by atoms with van der Waals surface area (Å²) in [5.41, 5.74) is 0.767.